The number of thioether (sulfide) groups is 1. The third-order valence-corrected chi connectivity index (χ3v) is 4.61. The molecular formula is C15H20F3NOS. The highest BCUT2D eigenvalue weighted by Crippen LogP contribution is 2.43. The molecule has 1 atom stereocenters. The summed E-state index contributed by atoms with van der Waals surface area (Å²) in [6, 6.07) is 2.83. The normalized spacial score (nSPS) is 19.6. The summed E-state index contributed by atoms with van der Waals surface area (Å²) >= 11 is 1.23. The Bertz CT molecular complexity index is 485. The molecule has 0 amide bonds. The average molecular weight is 319 g/mol. The van der Waals surface area contributed by atoms with Gasteiger partial charge in [-0.1, -0.05) is 6.92 Å². The summed E-state index contributed by atoms with van der Waals surface area (Å²) in [6.45, 7) is 3.62. The van der Waals surface area contributed by atoms with Gasteiger partial charge >= 0.3 is 6.18 Å². The van der Waals surface area contributed by atoms with Crippen molar-refractivity contribution in [2.24, 2.45) is 0 Å². The lowest BCUT2D eigenvalue weighted by molar-refractivity contribution is -0.139. The smallest absolute Gasteiger partial charge is 0.417 e. The van der Waals surface area contributed by atoms with Crippen molar-refractivity contribution in [1.29, 1.82) is 0 Å². The van der Waals surface area contributed by atoms with Gasteiger partial charge in [-0.05, 0) is 42.8 Å². The van der Waals surface area contributed by atoms with Crippen LogP contribution in [0.5, 0.6) is 5.75 Å². The number of halogens is 3. The summed E-state index contributed by atoms with van der Waals surface area (Å²) in [5.41, 5.74) is 0.285. The molecule has 0 aromatic heterocycles. The van der Waals surface area contributed by atoms with Crippen molar-refractivity contribution in [1.82, 2.24) is 5.32 Å². The Morgan fingerprint density at radius 1 is 1.38 bits per heavy atom. The zero-order chi connectivity index (χ0) is 15.5. The van der Waals surface area contributed by atoms with Crippen LogP contribution in [0.4, 0.5) is 13.2 Å². The van der Waals surface area contributed by atoms with Gasteiger partial charge in [-0.15, -0.1) is 11.8 Å². The Morgan fingerprint density at radius 3 is 2.67 bits per heavy atom. The summed E-state index contributed by atoms with van der Waals surface area (Å²) in [7, 11) is 1.43. The largest absolute Gasteiger partial charge is 0.496 e. The maximum atomic E-state index is 13.2. The molecule has 1 aromatic rings. The number of rotatable bonds is 4. The van der Waals surface area contributed by atoms with E-state index in [1.807, 2.05) is 6.92 Å². The minimum atomic E-state index is -4.35. The van der Waals surface area contributed by atoms with Crippen LogP contribution >= 0.6 is 11.8 Å². The van der Waals surface area contributed by atoms with Crippen LogP contribution in [0, 0.1) is 0 Å². The summed E-state index contributed by atoms with van der Waals surface area (Å²) in [6.07, 6.45) is -2.34. The van der Waals surface area contributed by atoms with Crippen molar-refractivity contribution in [3.63, 3.8) is 0 Å². The number of ether oxygens (including phenoxy) is 1. The maximum Gasteiger partial charge on any atom is 0.417 e. The molecule has 1 aliphatic rings. The summed E-state index contributed by atoms with van der Waals surface area (Å²) in [4.78, 5) is 0.298. The number of piperidine rings is 1. The van der Waals surface area contributed by atoms with Gasteiger partial charge < -0.3 is 10.1 Å². The molecule has 1 heterocycles. The predicted molar refractivity (Wildman–Crippen MR) is 79.2 cm³/mol. The molecule has 1 fully saturated rings. The molecule has 0 aliphatic carbocycles. The molecule has 2 nitrogen and oxygen atoms in total. The minimum absolute atomic E-state index is 0.215. The highest BCUT2D eigenvalue weighted by Gasteiger charge is 2.35. The Balaban J connectivity index is 2.46. The van der Waals surface area contributed by atoms with Gasteiger partial charge in [0.2, 0.25) is 0 Å². The molecule has 0 radical (unpaired) electrons. The molecule has 0 bridgehead atoms. The Labute approximate surface area is 127 Å². The van der Waals surface area contributed by atoms with Crippen LogP contribution in [0.2, 0.25) is 0 Å². The number of hydrogen-bond acceptors (Lipinski definition) is 3. The van der Waals surface area contributed by atoms with Crippen molar-refractivity contribution < 1.29 is 17.9 Å². The van der Waals surface area contributed by atoms with Gasteiger partial charge in [0.1, 0.15) is 5.75 Å². The average Bonchev–Trinajstić information content (AvgIpc) is 2.47. The summed E-state index contributed by atoms with van der Waals surface area (Å²) in [5, 5.41) is 3.30. The van der Waals surface area contributed by atoms with Gasteiger partial charge in [-0.2, -0.15) is 13.2 Å². The van der Waals surface area contributed by atoms with E-state index in [4.69, 9.17) is 4.74 Å². The van der Waals surface area contributed by atoms with Crippen molar-refractivity contribution in [2.45, 2.75) is 36.8 Å². The lowest BCUT2D eigenvalue weighted by Crippen LogP contribution is -2.28. The topological polar surface area (TPSA) is 21.3 Å². The number of alkyl halides is 3. The van der Waals surface area contributed by atoms with E-state index in [0.29, 0.717) is 16.4 Å². The first-order chi connectivity index (χ1) is 9.97. The summed E-state index contributed by atoms with van der Waals surface area (Å²) in [5.74, 6) is 1.17. The van der Waals surface area contributed by atoms with E-state index in [9.17, 15) is 13.2 Å². The van der Waals surface area contributed by atoms with E-state index < -0.39 is 11.7 Å². The second kappa shape index (κ2) is 6.92. The van der Waals surface area contributed by atoms with Gasteiger partial charge in [-0.25, -0.2) is 0 Å². The van der Waals surface area contributed by atoms with Crippen LogP contribution in [-0.4, -0.2) is 26.0 Å². The molecule has 0 saturated carbocycles. The molecule has 1 unspecified atom stereocenters. The fraction of sp³-hybridized carbons (Fsp3) is 0.600. The van der Waals surface area contributed by atoms with Crippen molar-refractivity contribution in [3.05, 3.63) is 23.3 Å². The second-order valence-corrected chi connectivity index (χ2v) is 6.37. The van der Waals surface area contributed by atoms with Crippen molar-refractivity contribution in [2.75, 3.05) is 26.0 Å². The number of hydrogen-bond donors (Lipinski definition) is 1. The third kappa shape index (κ3) is 3.86. The molecule has 1 saturated heterocycles. The fourth-order valence-electron chi connectivity index (χ4n) is 2.69. The standard InChI is InChI=1S/C15H20F3NOS/c1-3-21-14-7-11(10-5-4-6-19-9-10)13(20-2)8-12(14)15(16,17)18/h7-8,10,19H,3-6,9H2,1-2H3. The van der Waals surface area contributed by atoms with E-state index in [2.05, 4.69) is 5.32 Å². The number of methoxy groups -OCH3 is 1. The molecule has 0 spiro atoms. The number of nitrogens with one attached hydrogen (secondary N) is 1. The van der Waals surface area contributed by atoms with Gasteiger partial charge in [0.15, 0.2) is 0 Å². The van der Waals surface area contributed by atoms with Gasteiger partial charge in [0.05, 0.1) is 12.7 Å². The lowest BCUT2D eigenvalue weighted by atomic mass is 9.90. The highest BCUT2D eigenvalue weighted by atomic mass is 32.2. The van der Waals surface area contributed by atoms with Crippen LogP contribution in [0.25, 0.3) is 0 Å². The molecule has 1 N–H and O–H groups in total. The second-order valence-electron chi connectivity index (χ2n) is 5.06. The van der Waals surface area contributed by atoms with Crippen LogP contribution in [0.3, 0.4) is 0 Å². The molecule has 1 aromatic carbocycles. The lowest BCUT2D eigenvalue weighted by Gasteiger charge is -2.26. The van der Waals surface area contributed by atoms with Crippen molar-refractivity contribution in [3.8, 4) is 5.75 Å². The van der Waals surface area contributed by atoms with Gasteiger partial charge in [0.25, 0.3) is 0 Å². The monoisotopic (exact) mass is 319 g/mol. The predicted octanol–water partition coefficient (Wildman–Crippen LogP) is 4.29. The van der Waals surface area contributed by atoms with Gasteiger partial charge in [-0.3, -0.25) is 0 Å². The first-order valence-corrected chi connectivity index (χ1v) is 8.08. The zero-order valence-electron chi connectivity index (χ0n) is 12.2. The van der Waals surface area contributed by atoms with Crippen LogP contribution in [-0.2, 0) is 6.18 Å². The van der Waals surface area contributed by atoms with Crippen molar-refractivity contribution >= 4 is 11.8 Å². The quantitative estimate of drug-likeness (QED) is 0.836. The van der Waals surface area contributed by atoms with E-state index in [1.54, 1.807) is 6.07 Å². The Kier molecular flexibility index (Phi) is 5.43. The first-order valence-electron chi connectivity index (χ1n) is 7.10. The molecule has 2 rings (SSSR count). The SMILES string of the molecule is CCSc1cc(C2CCCNC2)c(OC)cc1C(F)(F)F. The molecule has 21 heavy (non-hydrogen) atoms. The Hall–Kier alpha value is -0.880. The van der Waals surface area contributed by atoms with E-state index in [-0.39, 0.29) is 5.92 Å². The maximum absolute atomic E-state index is 13.2. The minimum Gasteiger partial charge on any atom is -0.496 e. The third-order valence-electron chi connectivity index (χ3n) is 3.67. The van der Waals surface area contributed by atoms with Crippen LogP contribution < -0.4 is 10.1 Å². The Morgan fingerprint density at radius 2 is 2.14 bits per heavy atom. The van der Waals surface area contributed by atoms with E-state index in [0.717, 1.165) is 37.6 Å². The van der Waals surface area contributed by atoms with E-state index >= 15 is 0 Å². The van der Waals surface area contributed by atoms with Crippen LogP contribution in [0.1, 0.15) is 36.8 Å². The zero-order valence-corrected chi connectivity index (χ0v) is 13.0. The molecule has 6 heteroatoms. The summed E-state index contributed by atoms with van der Waals surface area (Å²) < 4.78 is 44.8. The highest BCUT2D eigenvalue weighted by molar-refractivity contribution is 7.99. The molecule has 1 aliphatic heterocycles. The van der Waals surface area contributed by atoms with E-state index in [1.165, 1.54) is 18.9 Å². The molecule has 118 valence electrons. The molecular weight excluding hydrogens is 299 g/mol. The fourth-order valence-corrected chi connectivity index (χ4v) is 3.54. The van der Waals surface area contributed by atoms with Gasteiger partial charge in [0, 0.05) is 17.4 Å². The van der Waals surface area contributed by atoms with Crippen LogP contribution in [0.15, 0.2) is 17.0 Å². The first kappa shape index (κ1) is 16.5. The number of benzene rings is 1.